The van der Waals surface area contributed by atoms with Crippen molar-refractivity contribution in [3.8, 4) is 0 Å². The van der Waals surface area contributed by atoms with Crippen molar-refractivity contribution in [3.05, 3.63) is 70.7 Å². The molecule has 0 radical (unpaired) electrons. The third-order valence-electron chi connectivity index (χ3n) is 2.30. The summed E-state index contributed by atoms with van der Waals surface area (Å²) < 4.78 is 0. The lowest BCUT2D eigenvalue weighted by Gasteiger charge is -1.91. The number of nitrogens with zero attached hydrogens (tertiary/aromatic N) is 2. The maximum atomic E-state index is 8.81. The fourth-order valence-corrected chi connectivity index (χ4v) is 1.47. The smallest absolute Gasteiger partial charge is 0.0622 e. The maximum Gasteiger partial charge on any atom is 0.392 e. The van der Waals surface area contributed by atoms with Crippen LogP contribution in [0.25, 0.3) is 17.1 Å². The third kappa shape index (κ3) is 2.34. The lowest BCUT2D eigenvalue weighted by molar-refractivity contribution is 1.46. The quantitative estimate of drug-likeness (QED) is 0.531. The minimum atomic E-state index is 0.578. The summed E-state index contributed by atoms with van der Waals surface area (Å²) in [6.07, 6.45) is 3.92. The zero-order valence-corrected chi connectivity index (χ0v) is 8.75. The average molecular weight is 207 g/mol. The Morgan fingerprint density at radius 1 is 0.812 bits per heavy atom. The molecular weight excluding hydrogens is 196 g/mol. The first-order valence-corrected chi connectivity index (χ1v) is 5.07. The second-order valence-corrected chi connectivity index (χ2v) is 3.40. The van der Waals surface area contributed by atoms with Gasteiger partial charge in [-0.05, 0) is 17.7 Å². The molecule has 76 valence electrons. The number of benzene rings is 2. The van der Waals surface area contributed by atoms with E-state index < -0.39 is 0 Å². The van der Waals surface area contributed by atoms with E-state index in [1.54, 1.807) is 6.07 Å². The van der Waals surface area contributed by atoms with Gasteiger partial charge in [0.1, 0.15) is 0 Å². The van der Waals surface area contributed by atoms with Gasteiger partial charge in [-0.1, -0.05) is 48.5 Å². The molecule has 0 fully saturated rings. The van der Waals surface area contributed by atoms with E-state index in [1.807, 2.05) is 60.7 Å². The topological polar surface area (TPSA) is 28.1 Å². The summed E-state index contributed by atoms with van der Waals surface area (Å²) in [5, 5.41) is 8.81. The molecule has 0 bridgehead atoms. The Kier molecular flexibility index (Phi) is 3.10. The van der Waals surface area contributed by atoms with Crippen molar-refractivity contribution < 1.29 is 0 Å². The monoisotopic (exact) mass is 207 g/mol. The predicted molar refractivity (Wildman–Crippen MR) is 66.6 cm³/mol. The molecule has 2 aromatic rings. The summed E-state index contributed by atoms with van der Waals surface area (Å²) in [4.78, 5) is 3.23. The maximum absolute atomic E-state index is 8.81. The highest BCUT2D eigenvalue weighted by Gasteiger charge is 2.07. The van der Waals surface area contributed by atoms with Crippen LogP contribution in [-0.4, -0.2) is 0 Å². The van der Waals surface area contributed by atoms with Crippen molar-refractivity contribution in [2.75, 3.05) is 0 Å². The van der Waals surface area contributed by atoms with Gasteiger partial charge in [-0.3, -0.25) is 0 Å². The molecule has 2 heteroatoms. The van der Waals surface area contributed by atoms with E-state index in [0.717, 1.165) is 11.1 Å². The minimum Gasteiger partial charge on any atom is -0.0622 e. The molecule has 0 unspecified atom stereocenters. The summed E-state index contributed by atoms with van der Waals surface area (Å²) in [7, 11) is 0. The van der Waals surface area contributed by atoms with Crippen LogP contribution < -0.4 is 0 Å². The molecule has 0 aliphatic heterocycles. The van der Waals surface area contributed by atoms with Crippen LogP contribution in [0.15, 0.2) is 54.6 Å². The Balaban J connectivity index is 2.28. The molecular formula is C14H11N2+. The first-order chi connectivity index (χ1) is 7.90. The van der Waals surface area contributed by atoms with E-state index in [0.29, 0.717) is 5.69 Å². The second-order valence-electron chi connectivity index (χ2n) is 3.40. The van der Waals surface area contributed by atoms with Gasteiger partial charge in [-0.15, -0.1) is 0 Å². The molecule has 0 saturated heterocycles. The molecule has 2 nitrogen and oxygen atoms in total. The Labute approximate surface area is 94.5 Å². The molecule has 0 saturated carbocycles. The zero-order valence-electron chi connectivity index (χ0n) is 8.75. The van der Waals surface area contributed by atoms with Gasteiger partial charge >= 0.3 is 5.69 Å². The minimum absolute atomic E-state index is 0.578. The van der Waals surface area contributed by atoms with E-state index in [-0.39, 0.29) is 0 Å². The molecule has 0 aliphatic rings. The summed E-state index contributed by atoms with van der Waals surface area (Å²) in [6, 6.07) is 17.4. The SMILES string of the molecule is N#[N+]c1ccccc1C=Cc1ccccc1. The summed E-state index contributed by atoms with van der Waals surface area (Å²) in [5.74, 6) is 0. The fourth-order valence-electron chi connectivity index (χ4n) is 1.47. The Morgan fingerprint density at radius 3 is 2.25 bits per heavy atom. The van der Waals surface area contributed by atoms with Gasteiger partial charge in [-0.25, -0.2) is 0 Å². The van der Waals surface area contributed by atoms with Gasteiger partial charge in [0.2, 0.25) is 5.39 Å². The van der Waals surface area contributed by atoms with Crippen LogP contribution in [0.2, 0.25) is 0 Å². The third-order valence-corrected chi connectivity index (χ3v) is 2.30. The molecule has 0 heterocycles. The van der Waals surface area contributed by atoms with Gasteiger partial charge < -0.3 is 0 Å². The molecule has 2 rings (SSSR count). The van der Waals surface area contributed by atoms with Crippen molar-refractivity contribution >= 4 is 17.8 Å². The van der Waals surface area contributed by atoms with Crippen LogP contribution in [0.1, 0.15) is 11.1 Å². The number of hydrogen-bond acceptors (Lipinski definition) is 1. The van der Waals surface area contributed by atoms with Gasteiger partial charge in [0.05, 0.1) is 5.56 Å². The molecule has 0 amide bonds. The molecule has 2 aromatic carbocycles. The standard InChI is InChI=1S/C14H11N2/c15-16-14-9-5-4-8-13(14)11-10-12-6-2-1-3-7-12/h1-11H/q+1. The van der Waals surface area contributed by atoms with E-state index in [9.17, 15) is 0 Å². The average Bonchev–Trinajstić information content (AvgIpc) is 2.38. The Hall–Kier alpha value is -2.40. The molecule has 16 heavy (non-hydrogen) atoms. The van der Waals surface area contributed by atoms with Gasteiger partial charge in [0.25, 0.3) is 0 Å². The second kappa shape index (κ2) is 4.90. The van der Waals surface area contributed by atoms with Crippen molar-refractivity contribution in [1.29, 1.82) is 5.39 Å². The number of diazo groups is 1. The zero-order chi connectivity index (χ0) is 11.2. The van der Waals surface area contributed by atoms with Crippen LogP contribution in [0.3, 0.4) is 0 Å². The van der Waals surface area contributed by atoms with Crippen LogP contribution in [-0.2, 0) is 0 Å². The van der Waals surface area contributed by atoms with E-state index >= 15 is 0 Å². The lowest BCUT2D eigenvalue weighted by atomic mass is 10.1. The molecule has 0 N–H and O–H groups in total. The highest BCUT2D eigenvalue weighted by molar-refractivity contribution is 5.76. The molecule has 0 atom stereocenters. The van der Waals surface area contributed by atoms with Gasteiger partial charge in [0, 0.05) is 6.07 Å². The summed E-state index contributed by atoms with van der Waals surface area (Å²) in [5.41, 5.74) is 2.60. The van der Waals surface area contributed by atoms with Crippen LogP contribution in [0, 0.1) is 5.39 Å². The largest absolute Gasteiger partial charge is 0.392 e. The molecule has 0 aliphatic carbocycles. The van der Waals surface area contributed by atoms with Crippen molar-refractivity contribution in [3.63, 3.8) is 0 Å². The number of hydrogen-bond donors (Lipinski definition) is 0. The van der Waals surface area contributed by atoms with Crippen molar-refractivity contribution in [2.24, 2.45) is 0 Å². The first-order valence-electron chi connectivity index (χ1n) is 5.07. The predicted octanol–water partition coefficient (Wildman–Crippen LogP) is 4.34. The van der Waals surface area contributed by atoms with Gasteiger partial charge in [0.15, 0.2) is 4.98 Å². The van der Waals surface area contributed by atoms with E-state index in [2.05, 4.69) is 4.98 Å². The Morgan fingerprint density at radius 2 is 1.50 bits per heavy atom. The Bertz CT molecular complexity index is 536. The van der Waals surface area contributed by atoms with Crippen molar-refractivity contribution in [1.82, 2.24) is 0 Å². The molecule has 0 aromatic heterocycles. The van der Waals surface area contributed by atoms with E-state index in [1.165, 1.54) is 0 Å². The van der Waals surface area contributed by atoms with Gasteiger partial charge in [-0.2, -0.15) is 0 Å². The van der Waals surface area contributed by atoms with Crippen LogP contribution in [0.4, 0.5) is 5.69 Å². The van der Waals surface area contributed by atoms with Crippen molar-refractivity contribution in [2.45, 2.75) is 0 Å². The van der Waals surface area contributed by atoms with E-state index in [4.69, 9.17) is 5.39 Å². The fraction of sp³-hybridized carbons (Fsp3) is 0. The number of rotatable bonds is 2. The lowest BCUT2D eigenvalue weighted by Crippen LogP contribution is -1.72. The van der Waals surface area contributed by atoms with Crippen LogP contribution >= 0.6 is 0 Å². The summed E-state index contributed by atoms with van der Waals surface area (Å²) in [6.45, 7) is 0. The summed E-state index contributed by atoms with van der Waals surface area (Å²) >= 11 is 0. The normalized spacial score (nSPS) is 10.2. The molecule has 0 spiro atoms. The van der Waals surface area contributed by atoms with Crippen LogP contribution in [0.5, 0.6) is 0 Å². The first kappa shape index (κ1) is 10.1. The highest BCUT2D eigenvalue weighted by Crippen LogP contribution is 2.20. The highest BCUT2D eigenvalue weighted by atomic mass is 14.8.